The van der Waals surface area contributed by atoms with E-state index in [-0.39, 0.29) is 0 Å². The van der Waals surface area contributed by atoms with Crippen molar-refractivity contribution in [3.63, 3.8) is 0 Å². The highest BCUT2D eigenvalue weighted by molar-refractivity contribution is 5.75. The molecule has 118 valence electrons. The second-order valence-electron chi connectivity index (χ2n) is 5.89. The molecule has 1 rings (SSSR count). The number of hydrogen-bond acceptors (Lipinski definition) is 3. The van der Waals surface area contributed by atoms with Crippen molar-refractivity contribution >= 4 is 6.02 Å². The first kappa shape index (κ1) is 17.3. The molecular formula is C17H34N2O. The van der Waals surface area contributed by atoms with Crippen LogP contribution >= 0.6 is 0 Å². The maximum absolute atomic E-state index is 5.37. The van der Waals surface area contributed by atoms with Crippen LogP contribution in [-0.4, -0.2) is 25.2 Å². The lowest BCUT2D eigenvalue weighted by Crippen LogP contribution is -2.31. The molecule has 0 spiro atoms. The Balaban J connectivity index is 1.79. The predicted octanol–water partition coefficient (Wildman–Crippen LogP) is 4.66. The van der Waals surface area contributed by atoms with Crippen molar-refractivity contribution in [3.8, 4) is 0 Å². The van der Waals surface area contributed by atoms with Gasteiger partial charge in [-0.3, -0.25) is 0 Å². The summed E-state index contributed by atoms with van der Waals surface area (Å²) in [5.41, 5.74) is 0. The SMILES string of the molecule is CCCCCCCCCCCCC1CN=C(OCC)N1. The second kappa shape index (κ2) is 12.0. The molecule has 1 aliphatic rings. The van der Waals surface area contributed by atoms with Gasteiger partial charge >= 0.3 is 0 Å². The lowest BCUT2D eigenvalue weighted by Gasteiger charge is -2.11. The molecule has 0 radical (unpaired) electrons. The molecule has 0 saturated carbocycles. The van der Waals surface area contributed by atoms with E-state index in [9.17, 15) is 0 Å². The molecular weight excluding hydrogens is 248 g/mol. The van der Waals surface area contributed by atoms with Gasteiger partial charge in [-0.25, -0.2) is 4.99 Å². The Morgan fingerprint density at radius 1 is 0.950 bits per heavy atom. The number of rotatable bonds is 12. The normalized spacial score (nSPS) is 17.9. The largest absolute Gasteiger partial charge is 0.466 e. The summed E-state index contributed by atoms with van der Waals surface area (Å²) in [5, 5.41) is 3.35. The molecule has 3 heteroatoms. The van der Waals surface area contributed by atoms with Gasteiger partial charge in [-0.15, -0.1) is 0 Å². The Hall–Kier alpha value is -0.730. The van der Waals surface area contributed by atoms with E-state index in [0.29, 0.717) is 12.6 Å². The number of hydrogen-bond donors (Lipinski definition) is 1. The van der Waals surface area contributed by atoms with Crippen molar-refractivity contribution in [2.75, 3.05) is 13.2 Å². The molecule has 0 aromatic carbocycles. The van der Waals surface area contributed by atoms with Crippen LogP contribution in [0.1, 0.15) is 84.5 Å². The Bertz CT molecular complexity index is 253. The lowest BCUT2D eigenvalue weighted by atomic mass is 10.0. The summed E-state index contributed by atoms with van der Waals surface area (Å²) < 4.78 is 5.37. The molecule has 20 heavy (non-hydrogen) atoms. The minimum atomic E-state index is 0.519. The van der Waals surface area contributed by atoms with Crippen molar-refractivity contribution in [2.24, 2.45) is 4.99 Å². The molecule has 0 aliphatic carbocycles. The average molecular weight is 282 g/mol. The molecule has 0 bridgehead atoms. The zero-order chi connectivity index (χ0) is 14.5. The molecule has 0 aromatic rings. The van der Waals surface area contributed by atoms with Crippen molar-refractivity contribution in [1.82, 2.24) is 5.32 Å². The van der Waals surface area contributed by atoms with Gasteiger partial charge in [-0.05, 0) is 13.3 Å². The number of aliphatic imine (C=N–C) groups is 1. The molecule has 0 aromatic heterocycles. The summed E-state index contributed by atoms with van der Waals surface area (Å²) >= 11 is 0. The zero-order valence-corrected chi connectivity index (χ0v) is 13.6. The summed E-state index contributed by atoms with van der Waals surface area (Å²) in [6.07, 6.45) is 15.3. The minimum absolute atomic E-state index is 0.519. The van der Waals surface area contributed by atoms with E-state index >= 15 is 0 Å². The van der Waals surface area contributed by atoms with Crippen LogP contribution in [0.15, 0.2) is 4.99 Å². The standard InChI is InChI=1S/C17H34N2O/c1-3-5-6-7-8-9-10-11-12-13-14-16-15-18-17(19-16)20-4-2/h16H,3-15H2,1-2H3,(H,18,19). The first-order valence-electron chi connectivity index (χ1n) is 8.80. The van der Waals surface area contributed by atoms with E-state index < -0.39 is 0 Å². The Morgan fingerprint density at radius 2 is 1.55 bits per heavy atom. The smallest absolute Gasteiger partial charge is 0.284 e. The molecule has 1 aliphatic heterocycles. The third-order valence-corrected chi connectivity index (χ3v) is 3.97. The van der Waals surface area contributed by atoms with Gasteiger partial charge in [0, 0.05) is 0 Å². The van der Waals surface area contributed by atoms with Crippen molar-refractivity contribution in [3.05, 3.63) is 0 Å². The summed E-state index contributed by atoms with van der Waals surface area (Å²) in [5.74, 6) is 0. The molecule has 1 atom stereocenters. The van der Waals surface area contributed by atoms with Crippen LogP contribution in [0, 0.1) is 0 Å². The van der Waals surface area contributed by atoms with E-state index in [1.165, 1.54) is 70.6 Å². The third kappa shape index (κ3) is 8.44. The fourth-order valence-electron chi connectivity index (χ4n) is 2.72. The fourth-order valence-corrected chi connectivity index (χ4v) is 2.72. The van der Waals surface area contributed by atoms with E-state index in [1.54, 1.807) is 0 Å². The number of amidine groups is 1. The first-order valence-corrected chi connectivity index (χ1v) is 8.80. The van der Waals surface area contributed by atoms with Crippen molar-refractivity contribution < 1.29 is 4.74 Å². The van der Waals surface area contributed by atoms with Crippen LogP contribution in [0.5, 0.6) is 0 Å². The highest BCUT2D eigenvalue weighted by Crippen LogP contribution is 2.13. The molecule has 1 N–H and O–H groups in total. The maximum Gasteiger partial charge on any atom is 0.284 e. The highest BCUT2D eigenvalue weighted by Gasteiger charge is 2.17. The Morgan fingerprint density at radius 3 is 2.15 bits per heavy atom. The molecule has 0 saturated heterocycles. The summed E-state index contributed by atoms with van der Waals surface area (Å²) in [6.45, 7) is 5.88. The van der Waals surface area contributed by atoms with Gasteiger partial charge in [-0.1, -0.05) is 71.1 Å². The van der Waals surface area contributed by atoms with Crippen molar-refractivity contribution in [2.45, 2.75) is 90.5 Å². The first-order chi connectivity index (χ1) is 9.86. The molecule has 1 unspecified atom stereocenters. The van der Waals surface area contributed by atoms with Crippen molar-refractivity contribution in [1.29, 1.82) is 0 Å². The van der Waals surface area contributed by atoms with Crippen LogP contribution in [-0.2, 0) is 4.74 Å². The number of nitrogens with zero attached hydrogens (tertiary/aromatic N) is 1. The molecule has 1 heterocycles. The van der Waals surface area contributed by atoms with Gasteiger partial charge in [0.25, 0.3) is 6.02 Å². The second-order valence-corrected chi connectivity index (χ2v) is 5.89. The third-order valence-electron chi connectivity index (χ3n) is 3.97. The molecule has 0 amide bonds. The quantitative estimate of drug-likeness (QED) is 0.528. The topological polar surface area (TPSA) is 33.6 Å². The maximum atomic E-state index is 5.37. The highest BCUT2D eigenvalue weighted by atomic mass is 16.5. The number of unbranched alkanes of at least 4 members (excludes halogenated alkanes) is 9. The van der Waals surface area contributed by atoms with Crippen LogP contribution < -0.4 is 5.32 Å². The molecule has 0 fully saturated rings. The lowest BCUT2D eigenvalue weighted by molar-refractivity contribution is 0.311. The van der Waals surface area contributed by atoms with E-state index in [0.717, 1.165) is 12.6 Å². The minimum Gasteiger partial charge on any atom is -0.466 e. The van der Waals surface area contributed by atoms with Gasteiger partial charge in [0.05, 0.1) is 19.2 Å². The van der Waals surface area contributed by atoms with E-state index in [2.05, 4.69) is 17.2 Å². The van der Waals surface area contributed by atoms with Gasteiger partial charge < -0.3 is 10.1 Å². The van der Waals surface area contributed by atoms with Gasteiger partial charge in [0.15, 0.2) is 0 Å². The van der Waals surface area contributed by atoms with Gasteiger partial charge in [-0.2, -0.15) is 0 Å². The number of ether oxygens (including phenoxy) is 1. The predicted molar refractivity (Wildman–Crippen MR) is 87.3 cm³/mol. The number of nitrogens with one attached hydrogen (secondary N) is 1. The summed E-state index contributed by atoms with van der Waals surface area (Å²) in [4.78, 5) is 4.35. The van der Waals surface area contributed by atoms with Crippen LogP contribution in [0.3, 0.4) is 0 Å². The van der Waals surface area contributed by atoms with Gasteiger partial charge in [0.1, 0.15) is 0 Å². The van der Waals surface area contributed by atoms with Crippen LogP contribution in [0.2, 0.25) is 0 Å². The fraction of sp³-hybridized carbons (Fsp3) is 0.941. The van der Waals surface area contributed by atoms with E-state index in [4.69, 9.17) is 4.74 Å². The Labute approximate surface area is 125 Å². The Kier molecular flexibility index (Phi) is 10.4. The van der Waals surface area contributed by atoms with Crippen LogP contribution in [0.4, 0.5) is 0 Å². The molecule has 3 nitrogen and oxygen atoms in total. The van der Waals surface area contributed by atoms with Crippen LogP contribution in [0.25, 0.3) is 0 Å². The summed E-state index contributed by atoms with van der Waals surface area (Å²) in [7, 11) is 0. The monoisotopic (exact) mass is 282 g/mol. The van der Waals surface area contributed by atoms with Gasteiger partial charge in [0.2, 0.25) is 0 Å². The average Bonchev–Trinajstić information content (AvgIpc) is 2.89. The van der Waals surface area contributed by atoms with E-state index in [1.807, 2.05) is 6.92 Å². The summed E-state index contributed by atoms with van der Waals surface area (Å²) in [6, 6.07) is 1.27. The zero-order valence-electron chi connectivity index (χ0n) is 13.6.